The Kier molecular flexibility index (Phi) is 3.87. The van der Waals surface area contributed by atoms with Gasteiger partial charge in [-0.15, -0.1) is 0 Å². The third kappa shape index (κ3) is 2.97. The number of amides is 2. The SMILES string of the molecule is CC(C(=O)O)N(C)C(=O)NCc1cnc[nH]1. The number of carbonyl (C=O) groups excluding carboxylic acids is 1. The highest BCUT2D eigenvalue weighted by Crippen LogP contribution is 1.97. The van der Waals surface area contributed by atoms with Crippen LogP contribution < -0.4 is 5.32 Å². The van der Waals surface area contributed by atoms with Crippen molar-refractivity contribution in [3.8, 4) is 0 Å². The Morgan fingerprint density at radius 1 is 1.69 bits per heavy atom. The van der Waals surface area contributed by atoms with Gasteiger partial charge in [0.05, 0.1) is 18.6 Å². The predicted octanol–water partition coefficient (Wildman–Crippen LogP) is 0.0242. The van der Waals surface area contributed by atoms with Gasteiger partial charge in [-0.05, 0) is 6.92 Å². The van der Waals surface area contributed by atoms with Crippen LogP contribution in [0.15, 0.2) is 12.5 Å². The molecule has 0 aliphatic carbocycles. The van der Waals surface area contributed by atoms with Gasteiger partial charge in [0, 0.05) is 13.2 Å². The van der Waals surface area contributed by atoms with Crippen LogP contribution in [0.2, 0.25) is 0 Å². The monoisotopic (exact) mass is 226 g/mol. The highest BCUT2D eigenvalue weighted by molar-refractivity contribution is 5.81. The molecule has 0 spiro atoms. The van der Waals surface area contributed by atoms with Crippen molar-refractivity contribution in [2.24, 2.45) is 0 Å². The van der Waals surface area contributed by atoms with Crippen LogP contribution in [-0.4, -0.2) is 45.1 Å². The van der Waals surface area contributed by atoms with Gasteiger partial charge in [-0.1, -0.05) is 0 Å². The van der Waals surface area contributed by atoms with Crippen LogP contribution in [0.5, 0.6) is 0 Å². The minimum Gasteiger partial charge on any atom is -0.480 e. The number of aromatic amines is 1. The van der Waals surface area contributed by atoms with E-state index < -0.39 is 18.0 Å². The first-order valence-corrected chi connectivity index (χ1v) is 4.73. The van der Waals surface area contributed by atoms with Gasteiger partial charge in [-0.2, -0.15) is 0 Å². The van der Waals surface area contributed by atoms with Crippen molar-refractivity contribution in [2.75, 3.05) is 7.05 Å². The van der Waals surface area contributed by atoms with Crippen LogP contribution in [-0.2, 0) is 11.3 Å². The number of H-pyrrole nitrogens is 1. The number of hydrogen-bond donors (Lipinski definition) is 3. The Labute approximate surface area is 92.5 Å². The number of hydrogen-bond acceptors (Lipinski definition) is 3. The maximum atomic E-state index is 11.5. The normalized spacial score (nSPS) is 11.9. The lowest BCUT2D eigenvalue weighted by atomic mass is 10.3. The molecular weight excluding hydrogens is 212 g/mol. The second-order valence-corrected chi connectivity index (χ2v) is 3.36. The fraction of sp³-hybridized carbons (Fsp3) is 0.444. The van der Waals surface area contributed by atoms with Gasteiger partial charge in [-0.3, -0.25) is 0 Å². The number of likely N-dealkylation sites (N-methyl/N-ethyl adjacent to an activating group) is 1. The van der Waals surface area contributed by atoms with E-state index in [1.54, 1.807) is 6.20 Å². The van der Waals surface area contributed by atoms with E-state index in [0.717, 1.165) is 10.6 Å². The van der Waals surface area contributed by atoms with Crippen LogP contribution in [0.4, 0.5) is 4.79 Å². The Morgan fingerprint density at radius 2 is 2.38 bits per heavy atom. The fourth-order valence-corrected chi connectivity index (χ4v) is 1.02. The number of imidazole rings is 1. The van der Waals surface area contributed by atoms with E-state index in [1.807, 2.05) is 0 Å². The number of aromatic nitrogens is 2. The summed E-state index contributed by atoms with van der Waals surface area (Å²) in [7, 11) is 1.43. The van der Waals surface area contributed by atoms with Crippen LogP contribution in [0.25, 0.3) is 0 Å². The first-order chi connectivity index (χ1) is 7.52. The molecule has 3 N–H and O–H groups in total. The number of aliphatic carboxylic acids is 1. The molecule has 16 heavy (non-hydrogen) atoms. The molecule has 1 rings (SSSR count). The van der Waals surface area contributed by atoms with Crippen LogP contribution in [0.1, 0.15) is 12.6 Å². The topological polar surface area (TPSA) is 98.3 Å². The zero-order chi connectivity index (χ0) is 12.1. The summed E-state index contributed by atoms with van der Waals surface area (Å²) in [4.78, 5) is 29.9. The minimum absolute atomic E-state index is 0.287. The molecule has 0 saturated carbocycles. The summed E-state index contributed by atoms with van der Waals surface area (Å²) in [5, 5.41) is 11.3. The summed E-state index contributed by atoms with van der Waals surface area (Å²) >= 11 is 0. The molecule has 0 bridgehead atoms. The quantitative estimate of drug-likeness (QED) is 0.674. The Morgan fingerprint density at radius 3 is 2.88 bits per heavy atom. The van der Waals surface area contributed by atoms with Crippen LogP contribution in [0.3, 0.4) is 0 Å². The third-order valence-electron chi connectivity index (χ3n) is 2.24. The van der Waals surface area contributed by atoms with E-state index in [-0.39, 0.29) is 6.54 Å². The number of carboxylic acids is 1. The van der Waals surface area contributed by atoms with Gasteiger partial charge in [0.2, 0.25) is 0 Å². The van der Waals surface area contributed by atoms with Crippen molar-refractivity contribution >= 4 is 12.0 Å². The standard InChI is InChI=1S/C9H14N4O3/c1-6(8(14)15)13(2)9(16)11-4-7-3-10-5-12-7/h3,5-6H,4H2,1-2H3,(H,10,12)(H,11,16)(H,14,15). The molecule has 0 radical (unpaired) electrons. The number of carboxylic acid groups (broad SMARTS) is 1. The Balaban J connectivity index is 2.43. The predicted molar refractivity (Wildman–Crippen MR) is 55.7 cm³/mol. The van der Waals surface area contributed by atoms with Crippen molar-refractivity contribution in [1.29, 1.82) is 0 Å². The largest absolute Gasteiger partial charge is 0.480 e. The number of carbonyl (C=O) groups is 2. The van der Waals surface area contributed by atoms with Gasteiger partial charge in [0.15, 0.2) is 0 Å². The second kappa shape index (κ2) is 5.15. The summed E-state index contributed by atoms with van der Waals surface area (Å²) in [5.74, 6) is -1.04. The van der Waals surface area contributed by atoms with Crippen molar-refractivity contribution in [3.63, 3.8) is 0 Å². The van der Waals surface area contributed by atoms with E-state index in [2.05, 4.69) is 15.3 Å². The highest BCUT2D eigenvalue weighted by atomic mass is 16.4. The average molecular weight is 226 g/mol. The van der Waals surface area contributed by atoms with E-state index in [4.69, 9.17) is 5.11 Å². The molecule has 7 nitrogen and oxygen atoms in total. The Hall–Kier alpha value is -2.05. The fourth-order valence-electron chi connectivity index (χ4n) is 1.02. The van der Waals surface area contributed by atoms with Crippen molar-refractivity contribution in [2.45, 2.75) is 19.5 Å². The number of rotatable bonds is 4. The average Bonchev–Trinajstić information content (AvgIpc) is 2.76. The molecule has 0 aliphatic rings. The third-order valence-corrected chi connectivity index (χ3v) is 2.24. The molecule has 1 unspecified atom stereocenters. The van der Waals surface area contributed by atoms with Crippen molar-refractivity contribution in [1.82, 2.24) is 20.2 Å². The lowest BCUT2D eigenvalue weighted by Crippen LogP contribution is -2.45. The van der Waals surface area contributed by atoms with E-state index >= 15 is 0 Å². The molecule has 1 heterocycles. The summed E-state index contributed by atoms with van der Waals surface area (Å²) in [5.41, 5.74) is 0.754. The van der Waals surface area contributed by atoms with Crippen molar-refractivity contribution < 1.29 is 14.7 Å². The summed E-state index contributed by atoms with van der Waals surface area (Å²) in [6.07, 6.45) is 3.09. The lowest BCUT2D eigenvalue weighted by Gasteiger charge is -2.21. The highest BCUT2D eigenvalue weighted by Gasteiger charge is 2.21. The Bertz CT molecular complexity index is 363. The van der Waals surface area contributed by atoms with Crippen LogP contribution >= 0.6 is 0 Å². The van der Waals surface area contributed by atoms with E-state index in [1.165, 1.54) is 20.3 Å². The smallest absolute Gasteiger partial charge is 0.326 e. The zero-order valence-electron chi connectivity index (χ0n) is 9.10. The maximum Gasteiger partial charge on any atom is 0.326 e. The molecule has 0 saturated heterocycles. The molecule has 7 heteroatoms. The van der Waals surface area contributed by atoms with Gasteiger partial charge < -0.3 is 20.3 Å². The van der Waals surface area contributed by atoms with Gasteiger partial charge in [0.25, 0.3) is 0 Å². The maximum absolute atomic E-state index is 11.5. The van der Waals surface area contributed by atoms with Gasteiger partial charge >= 0.3 is 12.0 Å². The molecular formula is C9H14N4O3. The van der Waals surface area contributed by atoms with Gasteiger partial charge in [-0.25, -0.2) is 14.6 Å². The number of nitrogens with one attached hydrogen (secondary N) is 2. The molecule has 1 aromatic heterocycles. The molecule has 1 aromatic rings. The molecule has 0 fully saturated rings. The zero-order valence-corrected chi connectivity index (χ0v) is 9.10. The van der Waals surface area contributed by atoms with Gasteiger partial charge in [0.1, 0.15) is 6.04 Å². The minimum atomic E-state index is -1.04. The molecule has 2 amide bonds. The van der Waals surface area contributed by atoms with Crippen LogP contribution in [0, 0.1) is 0 Å². The molecule has 0 aliphatic heterocycles. The molecule has 1 atom stereocenters. The second-order valence-electron chi connectivity index (χ2n) is 3.36. The summed E-state index contributed by atoms with van der Waals surface area (Å²) < 4.78 is 0. The first-order valence-electron chi connectivity index (χ1n) is 4.73. The molecule has 0 aromatic carbocycles. The van der Waals surface area contributed by atoms with E-state index in [9.17, 15) is 9.59 Å². The number of nitrogens with zero attached hydrogens (tertiary/aromatic N) is 2. The summed E-state index contributed by atoms with van der Waals surface area (Å²) in [6.45, 7) is 1.73. The summed E-state index contributed by atoms with van der Waals surface area (Å²) in [6, 6.07) is -1.30. The number of urea groups is 1. The first kappa shape index (κ1) is 12.0. The van der Waals surface area contributed by atoms with E-state index in [0.29, 0.717) is 0 Å². The molecule has 88 valence electrons. The lowest BCUT2D eigenvalue weighted by molar-refractivity contribution is -0.141. The van der Waals surface area contributed by atoms with Crippen molar-refractivity contribution in [3.05, 3.63) is 18.2 Å².